The number of carboxylic acid groups (broad SMARTS) is 1. The lowest BCUT2D eigenvalue weighted by atomic mass is 9.73. The van der Waals surface area contributed by atoms with E-state index < -0.39 is 5.97 Å². The summed E-state index contributed by atoms with van der Waals surface area (Å²) in [5, 5.41) is 11.7. The average Bonchev–Trinajstić information content (AvgIpc) is 2.60. The quantitative estimate of drug-likeness (QED) is 0.283. The van der Waals surface area contributed by atoms with Crippen LogP contribution in [0.1, 0.15) is 116 Å². The van der Waals surface area contributed by atoms with E-state index in [1.807, 2.05) is 0 Å². The normalized spacial score (nSPS) is 18.9. The van der Waals surface area contributed by atoms with Crippen LogP contribution in [-0.2, 0) is 9.59 Å². The Balaban J connectivity index is 1.76. The van der Waals surface area contributed by atoms with Crippen molar-refractivity contribution in [3.05, 3.63) is 0 Å². The minimum Gasteiger partial charge on any atom is -0.481 e. The predicted octanol–water partition coefficient (Wildman–Crippen LogP) is 6.08. The molecule has 0 saturated heterocycles. The van der Waals surface area contributed by atoms with Crippen LogP contribution >= 0.6 is 0 Å². The van der Waals surface area contributed by atoms with E-state index in [-0.39, 0.29) is 24.2 Å². The van der Waals surface area contributed by atoms with Crippen molar-refractivity contribution in [2.24, 2.45) is 11.8 Å². The third-order valence-corrected chi connectivity index (χ3v) is 5.90. The Morgan fingerprint density at radius 3 is 1.67 bits per heavy atom. The molecule has 1 amide bonds. The molecular formula is C23H43NO3. The van der Waals surface area contributed by atoms with Crippen LogP contribution in [0.2, 0.25) is 0 Å². The molecule has 2 N–H and O–H groups in total. The molecule has 158 valence electrons. The van der Waals surface area contributed by atoms with Gasteiger partial charge in [-0.2, -0.15) is 0 Å². The third-order valence-electron chi connectivity index (χ3n) is 5.90. The van der Waals surface area contributed by atoms with Gasteiger partial charge in [0, 0.05) is 18.9 Å². The summed E-state index contributed by atoms with van der Waals surface area (Å²) >= 11 is 0. The summed E-state index contributed by atoms with van der Waals surface area (Å²) in [7, 11) is 0. The van der Waals surface area contributed by atoms with Gasteiger partial charge in [0.1, 0.15) is 0 Å². The second-order valence-electron chi connectivity index (χ2n) is 8.52. The van der Waals surface area contributed by atoms with Gasteiger partial charge in [-0.1, -0.05) is 90.4 Å². The lowest BCUT2D eigenvalue weighted by Gasteiger charge is -2.33. The number of unbranched alkanes of at least 4 members (excludes halogenated alkanes) is 13. The van der Waals surface area contributed by atoms with Gasteiger partial charge in [-0.15, -0.1) is 0 Å². The van der Waals surface area contributed by atoms with Crippen molar-refractivity contribution in [3.63, 3.8) is 0 Å². The second-order valence-corrected chi connectivity index (χ2v) is 8.52. The first-order valence-corrected chi connectivity index (χ1v) is 11.6. The van der Waals surface area contributed by atoms with E-state index in [9.17, 15) is 9.59 Å². The Bertz CT molecular complexity index is 391. The molecule has 4 heteroatoms. The summed E-state index contributed by atoms with van der Waals surface area (Å²) in [4.78, 5) is 22.5. The molecule has 0 aromatic heterocycles. The second kappa shape index (κ2) is 15.9. The van der Waals surface area contributed by atoms with E-state index in [0.717, 1.165) is 25.8 Å². The first-order valence-electron chi connectivity index (χ1n) is 11.6. The van der Waals surface area contributed by atoms with Crippen molar-refractivity contribution in [1.82, 2.24) is 5.32 Å². The van der Waals surface area contributed by atoms with Crippen LogP contribution < -0.4 is 5.32 Å². The lowest BCUT2D eigenvalue weighted by Crippen LogP contribution is -2.39. The van der Waals surface area contributed by atoms with Crippen molar-refractivity contribution < 1.29 is 14.7 Å². The molecule has 4 nitrogen and oxygen atoms in total. The van der Waals surface area contributed by atoms with Crippen LogP contribution in [0.15, 0.2) is 0 Å². The third kappa shape index (κ3) is 12.9. The highest BCUT2D eigenvalue weighted by Crippen LogP contribution is 2.36. The minimum atomic E-state index is -0.749. The van der Waals surface area contributed by atoms with Gasteiger partial charge in [0.2, 0.25) is 5.91 Å². The summed E-state index contributed by atoms with van der Waals surface area (Å²) in [6.45, 7) is 3.04. The molecule has 0 radical (unpaired) electrons. The fourth-order valence-electron chi connectivity index (χ4n) is 4.04. The number of hydrogen-bond acceptors (Lipinski definition) is 2. The first kappa shape index (κ1) is 24.0. The van der Waals surface area contributed by atoms with Crippen molar-refractivity contribution in [2.75, 3.05) is 6.54 Å². The van der Waals surface area contributed by atoms with Gasteiger partial charge in [-0.05, 0) is 25.2 Å². The molecule has 1 fully saturated rings. The molecule has 0 aromatic carbocycles. The summed E-state index contributed by atoms with van der Waals surface area (Å²) < 4.78 is 0. The van der Waals surface area contributed by atoms with E-state index in [0.29, 0.717) is 0 Å². The Morgan fingerprint density at radius 2 is 1.22 bits per heavy atom. The summed E-state index contributed by atoms with van der Waals surface area (Å²) in [6.07, 6.45) is 20.5. The molecule has 0 atom stereocenters. The summed E-state index contributed by atoms with van der Waals surface area (Å²) in [5.74, 6) is -0.354. The molecule has 27 heavy (non-hydrogen) atoms. The lowest BCUT2D eigenvalue weighted by molar-refractivity contribution is -0.141. The van der Waals surface area contributed by atoms with Crippen molar-refractivity contribution in [2.45, 2.75) is 116 Å². The molecule has 0 aromatic rings. The van der Waals surface area contributed by atoms with Crippen LogP contribution in [-0.4, -0.2) is 23.5 Å². The van der Waals surface area contributed by atoms with Crippen molar-refractivity contribution >= 4 is 11.9 Å². The predicted molar refractivity (Wildman–Crippen MR) is 112 cm³/mol. The number of nitrogens with one attached hydrogen (secondary N) is 1. The number of hydrogen-bond donors (Lipinski definition) is 2. The van der Waals surface area contributed by atoms with Gasteiger partial charge in [0.25, 0.3) is 0 Å². The highest BCUT2D eigenvalue weighted by Gasteiger charge is 2.35. The number of rotatable bonds is 18. The maximum atomic E-state index is 11.9. The molecule has 0 spiro atoms. The van der Waals surface area contributed by atoms with Gasteiger partial charge >= 0.3 is 5.97 Å². The first-order chi connectivity index (χ1) is 13.1. The zero-order chi connectivity index (χ0) is 19.7. The SMILES string of the molecule is CCCCCCCCCCCCCCCCNC(=O)C1CC(CC(=O)O)C1. The fraction of sp³-hybridized carbons (Fsp3) is 0.913. The largest absolute Gasteiger partial charge is 0.481 e. The summed E-state index contributed by atoms with van der Waals surface area (Å²) in [5.41, 5.74) is 0. The topological polar surface area (TPSA) is 66.4 Å². The molecule has 0 aliphatic heterocycles. The van der Waals surface area contributed by atoms with Crippen LogP contribution in [0.5, 0.6) is 0 Å². The average molecular weight is 382 g/mol. The van der Waals surface area contributed by atoms with Crippen LogP contribution in [0.3, 0.4) is 0 Å². The molecule has 1 rings (SSSR count). The molecule has 1 aliphatic rings. The zero-order valence-corrected chi connectivity index (χ0v) is 17.6. The van der Waals surface area contributed by atoms with Gasteiger partial charge in [-0.3, -0.25) is 9.59 Å². The van der Waals surface area contributed by atoms with Gasteiger partial charge in [0.05, 0.1) is 0 Å². The maximum absolute atomic E-state index is 11.9. The molecule has 0 bridgehead atoms. The van der Waals surface area contributed by atoms with Crippen molar-refractivity contribution in [3.8, 4) is 0 Å². The number of amides is 1. The number of aliphatic carboxylic acids is 1. The van der Waals surface area contributed by atoms with Crippen LogP contribution in [0, 0.1) is 11.8 Å². The number of carbonyl (C=O) groups excluding carboxylic acids is 1. The fourth-order valence-corrected chi connectivity index (χ4v) is 4.04. The smallest absolute Gasteiger partial charge is 0.303 e. The Labute approximate surface area is 166 Å². The minimum absolute atomic E-state index is 0.0565. The number of carbonyl (C=O) groups is 2. The highest BCUT2D eigenvalue weighted by atomic mass is 16.4. The summed E-state index contributed by atoms with van der Waals surface area (Å²) in [6, 6.07) is 0. The van der Waals surface area contributed by atoms with Crippen LogP contribution in [0.25, 0.3) is 0 Å². The Hall–Kier alpha value is -1.06. The maximum Gasteiger partial charge on any atom is 0.303 e. The van der Waals surface area contributed by atoms with Crippen molar-refractivity contribution in [1.29, 1.82) is 0 Å². The monoisotopic (exact) mass is 381 g/mol. The molecule has 0 unspecified atom stereocenters. The van der Waals surface area contributed by atoms with Gasteiger partial charge < -0.3 is 10.4 Å². The number of carboxylic acids is 1. The Morgan fingerprint density at radius 1 is 0.778 bits per heavy atom. The van der Waals surface area contributed by atoms with E-state index >= 15 is 0 Å². The standard InChI is InChI=1S/C23H43NO3/c1-2-3-4-5-6-7-8-9-10-11-12-13-14-15-16-24-23(27)21-17-20(18-21)19-22(25)26/h20-21H,2-19H2,1H3,(H,24,27)(H,25,26). The Kier molecular flexibility index (Phi) is 14.2. The van der Waals surface area contributed by atoms with E-state index in [4.69, 9.17) is 5.11 Å². The van der Waals surface area contributed by atoms with Crippen LogP contribution in [0.4, 0.5) is 0 Å². The highest BCUT2D eigenvalue weighted by molar-refractivity contribution is 5.79. The molecule has 1 saturated carbocycles. The molecule has 1 aliphatic carbocycles. The molecular weight excluding hydrogens is 338 g/mol. The molecule has 0 heterocycles. The zero-order valence-electron chi connectivity index (χ0n) is 17.6. The van der Waals surface area contributed by atoms with Gasteiger partial charge in [0.15, 0.2) is 0 Å². The van der Waals surface area contributed by atoms with Gasteiger partial charge in [-0.25, -0.2) is 0 Å². The van der Waals surface area contributed by atoms with E-state index in [1.165, 1.54) is 83.5 Å². The van der Waals surface area contributed by atoms with E-state index in [1.54, 1.807) is 0 Å². The van der Waals surface area contributed by atoms with E-state index in [2.05, 4.69) is 12.2 Å².